The number of hydrogen-bond donors (Lipinski definition) is 1. The van der Waals surface area contributed by atoms with E-state index in [1.165, 1.54) is 35.6 Å². The highest BCUT2D eigenvalue weighted by Crippen LogP contribution is 2.34. The first kappa shape index (κ1) is 22.6. The van der Waals surface area contributed by atoms with Crippen LogP contribution in [0.5, 0.6) is 0 Å². The molecule has 0 radical (unpaired) electrons. The standard InChI is InChI=1S/C24H19FN4O2S2/c1-12-9-16(14(3)28(12)23-18(11-26)13(2)15(4)33-23)10-17-21(30)27-24(32)29(22(17)31)20-8-6-5-7-19(20)25/h5-10H,1-4H3,(H,27,30,32). The molecule has 0 bridgehead atoms. The zero-order valence-corrected chi connectivity index (χ0v) is 19.9. The second kappa shape index (κ2) is 8.39. The van der Waals surface area contributed by atoms with Gasteiger partial charge in [-0.15, -0.1) is 11.3 Å². The Morgan fingerprint density at radius 3 is 2.55 bits per heavy atom. The first-order chi connectivity index (χ1) is 15.6. The number of amides is 2. The smallest absolute Gasteiger partial charge is 0.270 e. The molecule has 0 unspecified atom stereocenters. The first-order valence-electron chi connectivity index (χ1n) is 10.0. The minimum Gasteiger partial charge on any atom is -0.308 e. The van der Waals surface area contributed by atoms with Gasteiger partial charge in [-0.3, -0.25) is 14.9 Å². The van der Waals surface area contributed by atoms with E-state index < -0.39 is 17.6 Å². The van der Waals surface area contributed by atoms with Crippen LogP contribution in [0.15, 0.2) is 35.9 Å². The van der Waals surface area contributed by atoms with Crippen molar-refractivity contribution >= 4 is 52.2 Å². The predicted octanol–water partition coefficient (Wildman–Crippen LogP) is 4.61. The molecule has 1 fully saturated rings. The molecule has 1 aliphatic rings. The Bertz CT molecular complexity index is 1420. The summed E-state index contributed by atoms with van der Waals surface area (Å²) in [7, 11) is 0. The predicted molar refractivity (Wildman–Crippen MR) is 130 cm³/mol. The van der Waals surface area contributed by atoms with Crippen molar-refractivity contribution in [2.45, 2.75) is 27.7 Å². The molecule has 166 valence electrons. The number of carbonyl (C=O) groups excluding carboxylic acids is 2. The largest absolute Gasteiger partial charge is 0.308 e. The van der Waals surface area contributed by atoms with Crippen LogP contribution in [0, 0.1) is 44.8 Å². The van der Waals surface area contributed by atoms with E-state index in [-0.39, 0.29) is 16.4 Å². The number of aromatic nitrogens is 1. The number of hydrogen-bond acceptors (Lipinski definition) is 5. The second-order valence-corrected chi connectivity index (χ2v) is 9.24. The summed E-state index contributed by atoms with van der Waals surface area (Å²) in [4.78, 5) is 27.9. The van der Waals surface area contributed by atoms with Crippen LogP contribution in [0.1, 0.15) is 33.0 Å². The Morgan fingerprint density at radius 2 is 1.88 bits per heavy atom. The molecule has 4 rings (SSSR count). The van der Waals surface area contributed by atoms with Gasteiger partial charge in [0.05, 0.1) is 11.3 Å². The van der Waals surface area contributed by atoms with Crippen LogP contribution in [0.3, 0.4) is 0 Å². The lowest BCUT2D eigenvalue weighted by atomic mass is 10.1. The number of benzene rings is 1. The number of nitriles is 1. The van der Waals surface area contributed by atoms with Gasteiger partial charge in [0, 0.05) is 16.3 Å². The number of halogens is 1. The van der Waals surface area contributed by atoms with Crippen LogP contribution >= 0.6 is 23.6 Å². The summed E-state index contributed by atoms with van der Waals surface area (Å²) in [5.74, 6) is -1.99. The van der Waals surface area contributed by atoms with Gasteiger partial charge in [-0.05, 0) is 75.3 Å². The molecule has 3 aromatic rings. The quantitative estimate of drug-likeness (QED) is 0.339. The molecule has 33 heavy (non-hydrogen) atoms. The highest BCUT2D eigenvalue weighted by atomic mass is 32.1. The molecule has 1 N–H and O–H groups in total. The van der Waals surface area contributed by atoms with E-state index in [0.29, 0.717) is 11.1 Å². The fourth-order valence-corrected chi connectivity index (χ4v) is 5.30. The maximum atomic E-state index is 14.4. The van der Waals surface area contributed by atoms with Gasteiger partial charge in [-0.2, -0.15) is 5.26 Å². The third-order valence-corrected chi connectivity index (χ3v) is 7.12. The van der Waals surface area contributed by atoms with Crippen molar-refractivity contribution in [1.82, 2.24) is 9.88 Å². The van der Waals surface area contributed by atoms with Crippen LogP contribution in [-0.4, -0.2) is 21.5 Å². The number of rotatable bonds is 3. The number of thiocarbonyl (C=S) groups is 1. The summed E-state index contributed by atoms with van der Waals surface area (Å²) in [6.07, 6.45) is 1.48. The number of anilines is 1. The minimum atomic E-state index is -0.709. The van der Waals surface area contributed by atoms with E-state index in [4.69, 9.17) is 12.2 Å². The van der Waals surface area contributed by atoms with Gasteiger partial charge < -0.3 is 4.57 Å². The van der Waals surface area contributed by atoms with Crippen molar-refractivity contribution in [3.63, 3.8) is 0 Å². The van der Waals surface area contributed by atoms with Crippen LogP contribution in [0.2, 0.25) is 0 Å². The highest BCUT2D eigenvalue weighted by Gasteiger charge is 2.36. The molecule has 1 aliphatic heterocycles. The molecule has 1 aromatic carbocycles. The molecule has 0 spiro atoms. The number of carbonyl (C=O) groups is 2. The van der Waals surface area contributed by atoms with E-state index in [1.807, 2.05) is 38.3 Å². The first-order valence-corrected chi connectivity index (χ1v) is 11.2. The Kier molecular flexibility index (Phi) is 5.74. The lowest BCUT2D eigenvalue weighted by molar-refractivity contribution is -0.122. The summed E-state index contributed by atoms with van der Waals surface area (Å²) in [5.41, 5.74) is 3.59. The summed E-state index contributed by atoms with van der Waals surface area (Å²) in [6, 6.07) is 9.85. The number of nitrogens with zero attached hydrogens (tertiary/aromatic N) is 3. The van der Waals surface area contributed by atoms with Gasteiger partial charge in [0.2, 0.25) is 0 Å². The van der Waals surface area contributed by atoms with Crippen LogP contribution in [-0.2, 0) is 9.59 Å². The van der Waals surface area contributed by atoms with Crippen molar-refractivity contribution in [1.29, 1.82) is 5.26 Å². The molecule has 2 aromatic heterocycles. The number of thiophene rings is 1. The van der Waals surface area contributed by atoms with E-state index in [9.17, 15) is 19.2 Å². The monoisotopic (exact) mass is 478 g/mol. The Balaban J connectivity index is 1.82. The molecule has 0 aliphatic carbocycles. The molecule has 2 amide bonds. The lowest BCUT2D eigenvalue weighted by Crippen LogP contribution is -2.54. The Hall–Kier alpha value is -3.61. The average molecular weight is 479 g/mol. The zero-order valence-electron chi connectivity index (χ0n) is 18.3. The van der Waals surface area contributed by atoms with Gasteiger partial charge in [-0.1, -0.05) is 12.1 Å². The van der Waals surface area contributed by atoms with Gasteiger partial charge >= 0.3 is 0 Å². The third-order valence-electron chi connectivity index (χ3n) is 5.65. The summed E-state index contributed by atoms with van der Waals surface area (Å²) < 4.78 is 16.3. The van der Waals surface area contributed by atoms with Gasteiger partial charge in [0.25, 0.3) is 11.8 Å². The number of aryl methyl sites for hydroxylation is 2. The molecular formula is C24H19FN4O2S2. The van der Waals surface area contributed by atoms with Crippen molar-refractivity contribution in [3.05, 3.63) is 74.7 Å². The fourth-order valence-electron chi connectivity index (χ4n) is 3.81. The highest BCUT2D eigenvalue weighted by molar-refractivity contribution is 7.80. The third kappa shape index (κ3) is 3.67. The van der Waals surface area contributed by atoms with E-state index in [1.54, 1.807) is 6.07 Å². The van der Waals surface area contributed by atoms with Crippen molar-refractivity contribution in [2.75, 3.05) is 4.90 Å². The maximum absolute atomic E-state index is 14.4. The average Bonchev–Trinajstić information content (AvgIpc) is 3.20. The topological polar surface area (TPSA) is 78.1 Å². The van der Waals surface area contributed by atoms with E-state index in [2.05, 4.69) is 11.4 Å². The van der Waals surface area contributed by atoms with Crippen molar-refractivity contribution in [2.24, 2.45) is 0 Å². The van der Waals surface area contributed by atoms with Crippen LogP contribution < -0.4 is 10.2 Å². The summed E-state index contributed by atoms with van der Waals surface area (Å²) in [5, 5.41) is 12.7. The maximum Gasteiger partial charge on any atom is 0.270 e. The van der Waals surface area contributed by atoms with Crippen LogP contribution in [0.4, 0.5) is 10.1 Å². The Labute approximate surface area is 199 Å². The van der Waals surface area contributed by atoms with Gasteiger partial charge in [-0.25, -0.2) is 9.29 Å². The van der Waals surface area contributed by atoms with Gasteiger partial charge in [0.15, 0.2) is 5.11 Å². The number of nitrogens with one attached hydrogen (secondary N) is 1. The Morgan fingerprint density at radius 1 is 1.18 bits per heavy atom. The fraction of sp³-hybridized carbons (Fsp3) is 0.167. The minimum absolute atomic E-state index is 0.0351. The molecule has 3 heterocycles. The zero-order chi connectivity index (χ0) is 24.0. The molecule has 0 atom stereocenters. The molecule has 9 heteroatoms. The SMILES string of the molecule is Cc1sc(-n2c(C)cc(C=C3C(=O)NC(=S)N(c4ccccc4F)C3=O)c2C)c(C#N)c1C. The molecule has 6 nitrogen and oxygen atoms in total. The van der Waals surface area contributed by atoms with Gasteiger partial charge in [0.1, 0.15) is 22.5 Å². The summed E-state index contributed by atoms with van der Waals surface area (Å²) in [6.45, 7) is 7.63. The van der Waals surface area contributed by atoms with Crippen LogP contribution in [0.25, 0.3) is 11.1 Å². The van der Waals surface area contributed by atoms with Crippen molar-refractivity contribution in [3.8, 4) is 11.1 Å². The molecule has 0 saturated carbocycles. The van der Waals surface area contributed by atoms with Crippen molar-refractivity contribution < 1.29 is 14.0 Å². The normalized spacial score (nSPS) is 15.2. The van der Waals surface area contributed by atoms with E-state index >= 15 is 0 Å². The lowest BCUT2D eigenvalue weighted by Gasteiger charge is -2.29. The van der Waals surface area contributed by atoms with E-state index in [0.717, 1.165) is 31.7 Å². The molecule has 1 saturated heterocycles. The molecular weight excluding hydrogens is 459 g/mol. The second-order valence-electron chi connectivity index (χ2n) is 7.65. The summed E-state index contributed by atoms with van der Waals surface area (Å²) >= 11 is 6.66. The number of para-hydroxylation sites is 1.